The molecule has 188 valence electrons. The summed E-state index contributed by atoms with van der Waals surface area (Å²) in [5, 5.41) is 7.30. The van der Waals surface area contributed by atoms with Crippen LogP contribution in [0.15, 0.2) is 4.99 Å². The smallest absolute Gasteiger partial charge is 0.191 e. The van der Waals surface area contributed by atoms with E-state index >= 15 is 0 Å². The summed E-state index contributed by atoms with van der Waals surface area (Å²) in [5.41, 5.74) is 0.250. The van der Waals surface area contributed by atoms with Crippen LogP contribution in [0.4, 0.5) is 0 Å². The quantitative estimate of drug-likeness (QED) is 0.195. The predicted molar refractivity (Wildman–Crippen MR) is 145 cm³/mol. The molecule has 8 heteroatoms. The molecule has 0 aromatic rings. The largest absolute Gasteiger partial charge is 0.385 e. The number of methoxy groups -OCH3 is 1. The van der Waals surface area contributed by atoms with Crippen molar-refractivity contribution >= 4 is 29.9 Å². The number of likely N-dealkylation sites (tertiary alicyclic amines) is 3. The number of rotatable bonds is 9. The minimum Gasteiger partial charge on any atom is -0.385 e. The fourth-order valence-corrected chi connectivity index (χ4v) is 5.45. The monoisotopic (exact) mass is 564 g/mol. The molecular weight excluding hydrogens is 515 g/mol. The molecule has 3 aliphatic heterocycles. The molecule has 0 unspecified atom stereocenters. The van der Waals surface area contributed by atoms with Gasteiger partial charge in [0.2, 0.25) is 0 Å². The fourth-order valence-electron chi connectivity index (χ4n) is 5.45. The summed E-state index contributed by atoms with van der Waals surface area (Å²) in [4.78, 5) is 13.0. The maximum atomic E-state index is 5.20. The first-order chi connectivity index (χ1) is 15.1. The van der Waals surface area contributed by atoms with Gasteiger partial charge >= 0.3 is 0 Å². The van der Waals surface area contributed by atoms with E-state index in [0.717, 1.165) is 38.6 Å². The molecule has 0 bridgehead atoms. The van der Waals surface area contributed by atoms with Gasteiger partial charge in [0.05, 0.1) is 6.54 Å². The van der Waals surface area contributed by atoms with Crippen LogP contribution in [0.25, 0.3) is 0 Å². The molecule has 0 amide bonds. The first-order valence-corrected chi connectivity index (χ1v) is 12.8. The molecule has 0 atom stereocenters. The molecule has 7 nitrogen and oxygen atoms in total. The van der Waals surface area contributed by atoms with Crippen LogP contribution in [0, 0.1) is 0 Å². The Morgan fingerprint density at radius 2 is 1.72 bits per heavy atom. The molecule has 3 saturated heterocycles. The fraction of sp³-hybridized carbons (Fsp3) is 0.958. The lowest BCUT2D eigenvalue weighted by molar-refractivity contribution is 0.0208. The van der Waals surface area contributed by atoms with Crippen molar-refractivity contribution in [2.45, 2.75) is 69.9 Å². The molecule has 0 radical (unpaired) electrons. The zero-order valence-electron chi connectivity index (χ0n) is 20.9. The van der Waals surface area contributed by atoms with Crippen LogP contribution in [0.5, 0.6) is 0 Å². The van der Waals surface area contributed by atoms with Crippen molar-refractivity contribution in [1.82, 2.24) is 25.3 Å². The van der Waals surface area contributed by atoms with E-state index in [4.69, 9.17) is 9.73 Å². The van der Waals surface area contributed by atoms with Crippen molar-refractivity contribution in [3.8, 4) is 0 Å². The third-order valence-corrected chi connectivity index (χ3v) is 7.57. The first-order valence-electron chi connectivity index (χ1n) is 12.8. The second-order valence-corrected chi connectivity index (χ2v) is 9.88. The highest BCUT2D eigenvalue weighted by Crippen LogP contribution is 2.31. The number of nitrogens with one attached hydrogen (secondary N) is 2. The molecule has 3 aliphatic rings. The Bertz CT molecular complexity index is 527. The van der Waals surface area contributed by atoms with Gasteiger partial charge in [0.15, 0.2) is 5.96 Å². The summed E-state index contributed by atoms with van der Waals surface area (Å²) < 4.78 is 5.20. The van der Waals surface area contributed by atoms with Gasteiger partial charge in [-0.05, 0) is 85.1 Å². The van der Waals surface area contributed by atoms with Crippen LogP contribution in [-0.2, 0) is 4.74 Å². The minimum absolute atomic E-state index is 0. The minimum atomic E-state index is 0. The van der Waals surface area contributed by atoms with Gasteiger partial charge in [-0.3, -0.25) is 9.89 Å². The van der Waals surface area contributed by atoms with Crippen molar-refractivity contribution in [1.29, 1.82) is 0 Å². The van der Waals surface area contributed by atoms with Crippen LogP contribution in [-0.4, -0.2) is 112 Å². The molecule has 0 spiro atoms. The number of hydrogen-bond acceptors (Lipinski definition) is 5. The molecule has 3 heterocycles. The molecular formula is C24H49IN6O. The van der Waals surface area contributed by atoms with Crippen LogP contribution >= 0.6 is 24.0 Å². The Hall–Kier alpha value is -0.160. The van der Waals surface area contributed by atoms with Crippen LogP contribution in [0.3, 0.4) is 0 Å². The second-order valence-electron chi connectivity index (χ2n) is 9.88. The van der Waals surface area contributed by atoms with Crippen molar-refractivity contribution in [2.24, 2.45) is 4.99 Å². The van der Waals surface area contributed by atoms with Crippen molar-refractivity contribution in [3.63, 3.8) is 0 Å². The SMILES string of the molecule is CCNC(=NCC1(N2CCCCC2)CCN(C)CC1)NC1CCN(CCCOC)CC1.I. The summed E-state index contributed by atoms with van der Waals surface area (Å²) >= 11 is 0. The number of guanidine groups is 1. The van der Waals surface area contributed by atoms with Gasteiger partial charge in [-0.25, -0.2) is 0 Å². The van der Waals surface area contributed by atoms with Gasteiger partial charge in [-0.2, -0.15) is 0 Å². The highest BCUT2D eigenvalue weighted by molar-refractivity contribution is 14.0. The van der Waals surface area contributed by atoms with Crippen LogP contribution in [0.1, 0.15) is 58.3 Å². The first kappa shape index (κ1) is 28.1. The van der Waals surface area contributed by atoms with Crippen molar-refractivity contribution in [2.75, 3.05) is 79.7 Å². The average molecular weight is 565 g/mol. The van der Waals surface area contributed by atoms with Gasteiger partial charge in [-0.15, -0.1) is 24.0 Å². The van der Waals surface area contributed by atoms with Gasteiger partial charge in [-0.1, -0.05) is 6.42 Å². The highest BCUT2D eigenvalue weighted by atomic mass is 127. The molecule has 32 heavy (non-hydrogen) atoms. The second kappa shape index (κ2) is 15.0. The number of ether oxygens (including phenoxy) is 1. The number of nitrogens with zero attached hydrogens (tertiary/aromatic N) is 4. The van der Waals surface area contributed by atoms with E-state index in [1.54, 1.807) is 7.11 Å². The highest BCUT2D eigenvalue weighted by Gasteiger charge is 2.39. The topological polar surface area (TPSA) is 55.4 Å². The molecule has 3 rings (SSSR count). The molecule has 0 aromatic carbocycles. The molecule has 2 N–H and O–H groups in total. The zero-order chi connectivity index (χ0) is 21.9. The Labute approximate surface area is 214 Å². The van der Waals surface area contributed by atoms with E-state index in [0.29, 0.717) is 6.04 Å². The lowest BCUT2D eigenvalue weighted by Crippen LogP contribution is -2.58. The van der Waals surface area contributed by atoms with E-state index in [1.165, 1.54) is 84.2 Å². The Kier molecular flexibility index (Phi) is 13.1. The van der Waals surface area contributed by atoms with Gasteiger partial charge in [0.25, 0.3) is 0 Å². The summed E-state index contributed by atoms with van der Waals surface area (Å²) in [5.74, 6) is 1.02. The van der Waals surface area contributed by atoms with Crippen LogP contribution < -0.4 is 10.6 Å². The summed E-state index contributed by atoms with van der Waals surface area (Å²) in [6.07, 6.45) is 10.1. The predicted octanol–water partition coefficient (Wildman–Crippen LogP) is 2.61. The molecule has 0 aromatic heterocycles. The summed E-state index contributed by atoms with van der Waals surface area (Å²) in [6.45, 7) is 13.3. The lowest BCUT2D eigenvalue weighted by Gasteiger charge is -2.49. The Morgan fingerprint density at radius 1 is 1.03 bits per heavy atom. The zero-order valence-corrected chi connectivity index (χ0v) is 23.2. The van der Waals surface area contributed by atoms with E-state index in [2.05, 4.69) is 39.3 Å². The number of hydrogen-bond donors (Lipinski definition) is 2. The maximum absolute atomic E-state index is 5.20. The van der Waals surface area contributed by atoms with Crippen molar-refractivity contribution < 1.29 is 4.74 Å². The Balaban J connectivity index is 0.00000363. The average Bonchev–Trinajstić information content (AvgIpc) is 2.81. The summed E-state index contributed by atoms with van der Waals surface area (Å²) in [7, 11) is 4.05. The van der Waals surface area contributed by atoms with Gasteiger partial charge < -0.3 is 25.2 Å². The lowest BCUT2D eigenvalue weighted by atomic mass is 9.84. The maximum Gasteiger partial charge on any atom is 0.191 e. The molecule has 3 fully saturated rings. The number of aliphatic imine (C=N–C) groups is 1. The third kappa shape index (κ3) is 8.56. The number of halogens is 1. The standard InChI is InChI=1S/C24H48N6O.HI/c1-4-25-23(27-22-9-16-29(17-10-22)13-8-20-31-3)26-21-24(11-18-28(2)19-12-24)30-14-6-5-7-15-30;/h22H,4-21H2,1-3H3,(H2,25,26,27);1H. The molecule has 0 saturated carbocycles. The third-order valence-electron chi connectivity index (χ3n) is 7.57. The Morgan fingerprint density at radius 3 is 2.34 bits per heavy atom. The number of piperidine rings is 3. The summed E-state index contributed by atoms with van der Waals surface area (Å²) in [6, 6.07) is 0.528. The normalized spacial score (nSPS) is 24.2. The van der Waals surface area contributed by atoms with E-state index in [9.17, 15) is 0 Å². The van der Waals surface area contributed by atoms with E-state index in [1.807, 2.05) is 0 Å². The van der Waals surface area contributed by atoms with Crippen LogP contribution in [0.2, 0.25) is 0 Å². The molecule has 0 aliphatic carbocycles. The van der Waals surface area contributed by atoms with Gasteiger partial charge in [0.1, 0.15) is 0 Å². The van der Waals surface area contributed by atoms with E-state index in [-0.39, 0.29) is 29.5 Å². The van der Waals surface area contributed by atoms with Gasteiger partial charge in [0, 0.05) is 51.5 Å². The van der Waals surface area contributed by atoms with Crippen molar-refractivity contribution in [3.05, 3.63) is 0 Å². The van der Waals surface area contributed by atoms with E-state index < -0.39 is 0 Å².